The Morgan fingerprint density at radius 3 is 2.44 bits per heavy atom. The summed E-state index contributed by atoms with van der Waals surface area (Å²) in [5, 5.41) is 2.79. The van der Waals surface area contributed by atoms with E-state index in [1.165, 1.54) is 0 Å². The molecule has 0 saturated carbocycles. The summed E-state index contributed by atoms with van der Waals surface area (Å²) in [6, 6.07) is -0.474. The Kier molecular flexibility index (Phi) is 7.93. The molecule has 1 atom stereocenters. The summed E-state index contributed by atoms with van der Waals surface area (Å²) in [5.74, 6) is -0.371. The zero-order valence-corrected chi connectivity index (χ0v) is 11.0. The number of nitrogens with zero attached hydrogens (tertiary/aromatic N) is 1. The molecule has 0 aliphatic carbocycles. The lowest BCUT2D eigenvalue weighted by Crippen LogP contribution is -2.39. The summed E-state index contributed by atoms with van der Waals surface area (Å²) in [5.41, 5.74) is 0. The van der Waals surface area contributed by atoms with Crippen LogP contribution in [0.2, 0.25) is 0 Å². The van der Waals surface area contributed by atoms with Gasteiger partial charge in [0.15, 0.2) is 0 Å². The van der Waals surface area contributed by atoms with Crippen LogP contribution in [-0.4, -0.2) is 56.9 Å². The number of esters is 1. The fourth-order valence-corrected chi connectivity index (χ4v) is 1.40. The Balaban J connectivity index is 3.94. The molecule has 0 aliphatic rings. The van der Waals surface area contributed by atoms with Crippen molar-refractivity contribution in [1.29, 1.82) is 0 Å². The first kappa shape index (κ1) is 17.2. The number of hydrogen-bond donors (Lipinski definition) is 1. The highest BCUT2D eigenvalue weighted by Gasteiger charge is 2.27. The molecule has 4 nitrogen and oxygen atoms in total. The number of nitrogens with one attached hydrogen (secondary N) is 1. The lowest BCUT2D eigenvalue weighted by atomic mass is 10.2. The van der Waals surface area contributed by atoms with E-state index in [1.54, 1.807) is 25.9 Å². The number of carbonyl (C=O) groups is 1. The lowest BCUT2D eigenvalue weighted by molar-refractivity contribution is -0.146. The monoisotopic (exact) mass is 270 g/mol. The van der Waals surface area contributed by atoms with Crippen molar-refractivity contribution in [3.05, 3.63) is 0 Å². The zero-order chi connectivity index (χ0) is 14.2. The topological polar surface area (TPSA) is 41.6 Å². The van der Waals surface area contributed by atoms with Crippen LogP contribution in [0.15, 0.2) is 0 Å². The van der Waals surface area contributed by atoms with Crippen molar-refractivity contribution >= 4 is 5.97 Å². The van der Waals surface area contributed by atoms with Gasteiger partial charge in [-0.1, -0.05) is 0 Å². The van der Waals surface area contributed by atoms with Gasteiger partial charge in [0.05, 0.1) is 13.0 Å². The molecule has 108 valence electrons. The van der Waals surface area contributed by atoms with Gasteiger partial charge in [-0.3, -0.25) is 4.79 Å². The summed E-state index contributed by atoms with van der Waals surface area (Å²) in [7, 11) is 3.22. The molecule has 0 amide bonds. The second-order valence-corrected chi connectivity index (χ2v) is 4.05. The second kappa shape index (κ2) is 8.31. The van der Waals surface area contributed by atoms with E-state index in [0.29, 0.717) is 19.6 Å². The molecule has 0 spiro atoms. The molecule has 7 heteroatoms. The molecule has 0 heterocycles. The van der Waals surface area contributed by atoms with Crippen molar-refractivity contribution in [3.63, 3.8) is 0 Å². The maximum absolute atomic E-state index is 12.0. The van der Waals surface area contributed by atoms with Crippen LogP contribution in [0.3, 0.4) is 0 Å². The SMILES string of the molecule is CCOC(=O)C(CCN(C)CCC(F)(F)F)NC. The van der Waals surface area contributed by atoms with Crippen LogP contribution >= 0.6 is 0 Å². The summed E-state index contributed by atoms with van der Waals surface area (Å²) in [6.45, 7) is 2.34. The molecular weight excluding hydrogens is 249 g/mol. The van der Waals surface area contributed by atoms with E-state index >= 15 is 0 Å². The fraction of sp³-hybridized carbons (Fsp3) is 0.909. The minimum Gasteiger partial charge on any atom is -0.465 e. The van der Waals surface area contributed by atoms with Crippen molar-refractivity contribution in [2.75, 3.05) is 33.8 Å². The highest BCUT2D eigenvalue weighted by atomic mass is 19.4. The Bertz CT molecular complexity index is 247. The number of likely N-dealkylation sites (N-methyl/N-ethyl adjacent to an activating group) is 1. The molecule has 0 aromatic heterocycles. The van der Waals surface area contributed by atoms with Gasteiger partial charge in [0.25, 0.3) is 0 Å². The normalized spacial score (nSPS) is 13.7. The number of halogens is 3. The average Bonchev–Trinajstić information content (AvgIpc) is 2.26. The van der Waals surface area contributed by atoms with Crippen LogP contribution in [0.5, 0.6) is 0 Å². The van der Waals surface area contributed by atoms with Crippen LogP contribution in [0.25, 0.3) is 0 Å². The fourth-order valence-electron chi connectivity index (χ4n) is 1.40. The molecule has 0 saturated heterocycles. The third-order valence-electron chi connectivity index (χ3n) is 2.50. The molecule has 1 N–H and O–H groups in total. The third kappa shape index (κ3) is 8.30. The van der Waals surface area contributed by atoms with E-state index in [1.807, 2.05) is 0 Å². The van der Waals surface area contributed by atoms with Gasteiger partial charge < -0.3 is 15.0 Å². The van der Waals surface area contributed by atoms with E-state index in [2.05, 4.69) is 5.32 Å². The Morgan fingerprint density at radius 1 is 1.39 bits per heavy atom. The molecular formula is C11H21F3N2O2. The Labute approximate surface area is 105 Å². The van der Waals surface area contributed by atoms with Gasteiger partial charge in [0.1, 0.15) is 6.04 Å². The number of alkyl halides is 3. The predicted molar refractivity (Wildman–Crippen MR) is 62.3 cm³/mol. The molecule has 0 aliphatic heterocycles. The standard InChI is InChI=1S/C11H21F3N2O2/c1-4-18-10(17)9(15-2)5-7-16(3)8-6-11(12,13)14/h9,15H,4-8H2,1-3H3. The smallest absolute Gasteiger partial charge is 0.390 e. The summed E-state index contributed by atoms with van der Waals surface area (Å²) in [6.07, 6.45) is -4.56. The van der Waals surface area contributed by atoms with E-state index in [-0.39, 0.29) is 12.5 Å². The van der Waals surface area contributed by atoms with E-state index in [9.17, 15) is 18.0 Å². The van der Waals surface area contributed by atoms with Crippen LogP contribution in [-0.2, 0) is 9.53 Å². The summed E-state index contributed by atoms with van der Waals surface area (Å²) in [4.78, 5) is 13.0. The number of hydrogen-bond acceptors (Lipinski definition) is 4. The van der Waals surface area contributed by atoms with Gasteiger partial charge in [-0.2, -0.15) is 13.2 Å². The minimum absolute atomic E-state index is 0.0667. The quantitative estimate of drug-likeness (QED) is 0.677. The first-order chi connectivity index (χ1) is 8.30. The van der Waals surface area contributed by atoms with Gasteiger partial charge in [-0.05, 0) is 34.0 Å². The van der Waals surface area contributed by atoms with Crippen molar-refractivity contribution in [3.8, 4) is 0 Å². The molecule has 0 bridgehead atoms. The van der Waals surface area contributed by atoms with Crippen LogP contribution < -0.4 is 5.32 Å². The van der Waals surface area contributed by atoms with Crippen molar-refractivity contribution in [2.45, 2.75) is 32.0 Å². The van der Waals surface area contributed by atoms with Crippen molar-refractivity contribution in [1.82, 2.24) is 10.2 Å². The second-order valence-electron chi connectivity index (χ2n) is 4.05. The first-order valence-corrected chi connectivity index (χ1v) is 5.89. The van der Waals surface area contributed by atoms with E-state index in [0.717, 1.165) is 0 Å². The van der Waals surface area contributed by atoms with Gasteiger partial charge in [0.2, 0.25) is 0 Å². The van der Waals surface area contributed by atoms with Gasteiger partial charge in [-0.15, -0.1) is 0 Å². The van der Waals surface area contributed by atoms with Gasteiger partial charge in [-0.25, -0.2) is 0 Å². The summed E-state index contributed by atoms with van der Waals surface area (Å²) < 4.78 is 40.8. The summed E-state index contributed by atoms with van der Waals surface area (Å²) >= 11 is 0. The van der Waals surface area contributed by atoms with Crippen LogP contribution in [0.1, 0.15) is 19.8 Å². The average molecular weight is 270 g/mol. The molecule has 18 heavy (non-hydrogen) atoms. The van der Waals surface area contributed by atoms with Crippen LogP contribution in [0, 0.1) is 0 Å². The number of rotatable bonds is 8. The van der Waals surface area contributed by atoms with Crippen molar-refractivity contribution in [2.24, 2.45) is 0 Å². The molecule has 1 unspecified atom stereocenters. The van der Waals surface area contributed by atoms with E-state index in [4.69, 9.17) is 4.74 Å². The highest BCUT2D eigenvalue weighted by Crippen LogP contribution is 2.19. The maximum Gasteiger partial charge on any atom is 0.390 e. The van der Waals surface area contributed by atoms with Gasteiger partial charge in [0, 0.05) is 6.54 Å². The molecule has 0 aromatic rings. The van der Waals surface area contributed by atoms with E-state index < -0.39 is 18.6 Å². The minimum atomic E-state index is -4.14. The Morgan fingerprint density at radius 2 is 2.00 bits per heavy atom. The molecule has 0 fully saturated rings. The largest absolute Gasteiger partial charge is 0.465 e. The molecule has 0 radical (unpaired) electrons. The third-order valence-corrected chi connectivity index (χ3v) is 2.50. The lowest BCUT2D eigenvalue weighted by Gasteiger charge is -2.20. The van der Waals surface area contributed by atoms with Crippen molar-refractivity contribution < 1.29 is 22.7 Å². The van der Waals surface area contributed by atoms with Gasteiger partial charge >= 0.3 is 12.1 Å². The Hall–Kier alpha value is -0.820. The molecule has 0 rings (SSSR count). The van der Waals surface area contributed by atoms with Crippen LogP contribution in [0.4, 0.5) is 13.2 Å². The zero-order valence-electron chi connectivity index (χ0n) is 11.0. The number of ether oxygens (including phenoxy) is 1. The maximum atomic E-state index is 12.0. The number of carbonyl (C=O) groups excluding carboxylic acids is 1. The predicted octanol–water partition coefficient (Wildman–Crippen LogP) is 1.41. The highest BCUT2D eigenvalue weighted by molar-refractivity contribution is 5.75. The first-order valence-electron chi connectivity index (χ1n) is 5.89. The molecule has 0 aromatic carbocycles.